The van der Waals surface area contributed by atoms with Gasteiger partial charge in [-0.1, -0.05) is 89.5 Å². The van der Waals surface area contributed by atoms with Crippen molar-refractivity contribution in [2.75, 3.05) is 0 Å². The molecule has 27 heavy (non-hydrogen) atoms. The zero-order valence-electron chi connectivity index (χ0n) is 16.8. The van der Waals surface area contributed by atoms with E-state index in [1.165, 1.54) is 57.8 Å². The van der Waals surface area contributed by atoms with Gasteiger partial charge in [0.1, 0.15) is 0 Å². The van der Waals surface area contributed by atoms with Gasteiger partial charge in [0.2, 0.25) is 11.6 Å². The van der Waals surface area contributed by atoms with E-state index in [1.807, 2.05) is 0 Å². The molecule has 4 heteroatoms. The lowest BCUT2D eigenvalue weighted by atomic mass is 10.0. The number of hydrogen-bond acceptors (Lipinski definition) is 4. The summed E-state index contributed by atoms with van der Waals surface area (Å²) in [6.07, 6.45) is 21.0. The Morgan fingerprint density at radius 2 is 0.889 bits per heavy atom. The van der Waals surface area contributed by atoms with Crippen molar-refractivity contribution >= 4 is 23.1 Å². The fraction of sp³-hybridized carbons (Fsp3) is 0.739. The Balaban J connectivity index is 2.42. The molecule has 0 radical (unpaired) electrons. The van der Waals surface area contributed by atoms with Gasteiger partial charge in [0, 0.05) is 6.42 Å². The first-order valence-electron chi connectivity index (χ1n) is 11.0. The molecule has 1 aliphatic carbocycles. The molecular weight excluding hydrogens is 340 g/mol. The zero-order valence-corrected chi connectivity index (χ0v) is 16.8. The highest BCUT2D eigenvalue weighted by atomic mass is 16.2. The van der Waals surface area contributed by atoms with Crippen molar-refractivity contribution in [2.45, 2.75) is 109 Å². The highest BCUT2D eigenvalue weighted by Gasteiger charge is 2.26. The summed E-state index contributed by atoms with van der Waals surface area (Å²) in [6, 6.07) is 0. The average Bonchev–Trinajstić information content (AvgIpc) is 2.67. The van der Waals surface area contributed by atoms with Gasteiger partial charge in [-0.25, -0.2) is 0 Å². The van der Waals surface area contributed by atoms with Crippen LogP contribution >= 0.6 is 0 Å². The van der Waals surface area contributed by atoms with Crippen LogP contribution in [-0.2, 0) is 19.2 Å². The second-order valence-electron chi connectivity index (χ2n) is 7.69. The number of ketones is 4. The maximum absolute atomic E-state index is 11.8. The predicted molar refractivity (Wildman–Crippen MR) is 108 cm³/mol. The van der Waals surface area contributed by atoms with E-state index in [2.05, 4.69) is 0 Å². The van der Waals surface area contributed by atoms with E-state index in [0.717, 1.165) is 44.6 Å². The first-order chi connectivity index (χ1) is 13.1. The monoisotopic (exact) mass is 376 g/mol. The van der Waals surface area contributed by atoms with Crippen LogP contribution < -0.4 is 0 Å². The van der Waals surface area contributed by atoms with E-state index in [0.29, 0.717) is 6.42 Å². The van der Waals surface area contributed by atoms with Gasteiger partial charge in [-0.3, -0.25) is 19.2 Å². The smallest absolute Gasteiger partial charge is 0.276 e. The largest absolute Gasteiger partial charge is 0.290 e. The Labute approximate surface area is 164 Å². The summed E-state index contributed by atoms with van der Waals surface area (Å²) in [5.41, 5.74) is 0. The number of allylic oxidation sites excluding steroid dienone is 2. The van der Waals surface area contributed by atoms with Crippen molar-refractivity contribution in [3.05, 3.63) is 12.2 Å². The molecule has 0 saturated heterocycles. The summed E-state index contributed by atoms with van der Waals surface area (Å²) in [4.78, 5) is 47.1. The maximum atomic E-state index is 11.8. The molecule has 0 aromatic heterocycles. The molecule has 0 fully saturated rings. The summed E-state index contributed by atoms with van der Waals surface area (Å²) in [7, 11) is 0. The quantitative estimate of drug-likeness (QED) is 0.526. The van der Waals surface area contributed by atoms with Crippen molar-refractivity contribution in [3.63, 3.8) is 0 Å². The molecule has 0 aliphatic heterocycles. The van der Waals surface area contributed by atoms with Gasteiger partial charge in [0.15, 0.2) is 0 Å². The maximum Gasteiger partial charge on any atom is 0.276 e. The van der Waals surface area contributed by atoms with Crippen molar-refractivity contribution < 1.29 is 19.2 Å². The molecule has 0 unspecified atom stereocenters. The molecule has 0 heterocycles. The Morgan fingerprint density at radius 1 is 0.481 bits per heavy atom. The summed E-state index contributed by atoms with van der Waals surface area (Å²) >= 11 is 0. The van der Waals surface area contributed by atoms with Crippen LogP contribution in [0.15, 0.2) is 12.2 Å². The van der Waals surface area contributed by atoms with Gasteiger partial charge in [-0.05, 0) is 25.3 Å². The molecule has 0 aromatic carbocycles. The van der Waals surface area contributed by atoms with Crippen LogP contribution in [0.3, 0.4) is 0 Å². The Bertz CT molecular complexity index is 505. The lowest BCUT2D eigenvalue weighted by molar-refractivity contribution is -0.147. The predicted octanol–water partition coefficient (Wildman–Crippen LogP) is 5.46. The second-order valence-corrected chi connectivity index (χ2v) is 7.69. The van der Waals surface area contributed by atoms with Gasteiger partial charge in [0.05, 0.1) is 0 Å². The molecular formula is C23H36O4. The molecule has 0 bridgehead atoms. The van der Waals surface area contributed by atoms with E-state index in [4.69, 9.17) is 0 Å². The minimum absolute atomic E-state index is 0.0710. The van der Waals surface area contributed by atoms with Crippen LogP contribution in [0.1, 0.15) is 109 Å². The van der Waals surface area contributed by atoms with Crippen molar-refractivity contribution in [1.29, 1.82) is 0 Å². The molecule has 152 valence electrons. The van der Waals surface area contributed by atoms with Crippen LogP contribution in [0, 0.1) is 0 Å². The molecule has 4 nitrogen and oxygen atoms in total. The third-order valence-corrected chi connectivity index (χ3v) is 5.23. The van der Waals surface area contributed by atoms with Crippen molar-refractivity contribution in [3.8, 4) is 0 Å². The zero-order chi connectivity index (χ0) is 19.7. The number of Topliss-reactive ketones (excluding diaryl/α,β-unsaturated/α-hetero) is 3. The van der Waals surface area contributed by atoms with Crippen LogP contribution in [0.25, 0.3) is 0 Å². The molecule has 1 aliphatic rings. The van der Waals surface area contributed by atoms with Crippen LogP contribution in [-0.4, -0.2) is 23.1 Å². The second kappa shape index (κ2) is 15.5. The first kappa shape index (κ1) is 23.5. The van der Waals surface area contributed by atoms with Gasteiger partial charge >= 0.3 is 0 Å². The van der Waals surface area contributed by atoms with E-state index in [1.54, 1.807) is 6.08 Å². The fourth-order valence-corrected chi connectivity index (χ4v) is 3.46. The highest BCUT2D eigenvalue weighted by Crippen LogP contribution is 2.14. The molecule has 1 rings (SSSR count). The third-order valence-electron chi connectivity index (χ3n) is 5.23. The number of rotatable bonds is 0. The SMILES string of the molecule is O=C1/C=C\CCCCCCCCCCCCCCCCCC(=O)C(=O)C1=O. The van der Waals surface area contributed by atoms with Crippen LogP contribution in [0.4, 0.5) is 0 Å². The highest BCUT2D eigenvalue weighted by molar-refractivity contribution is 6.79. The van der Waals surface area contributed by atoms with E-state index in [9.17, 15) is 19.2 Å². The number of hydrogen-bond donors (Lipinski definition) is 0. The van der Waals surface area contributed by atoms with E-state index < -0.39 is 23.1 Å². The normalized spacial score (nSPS) is 23.1. The topological polar surface area (TPSA) is 68.3 Å². The van der Waals surface area contributed by atoms with Gasteiger partial charge in [-0.2, -0.15) is 0 Å². The van der Waals surface area contributed by atoms with Gasteiger partial charge in [0.25, 0.3) is 11.6 Å². The molecule has 0 amide bonds. The summed E-state index contributed by atoms with van der Waals surface area (Å²) in [5.74, 6) is -3.93. The number of carbonyl (C=O) groups excluding carboxylic acids is 4. The first-order valence-corrected chi connectivity index (χ1v) is 11.0. The molecule has 0 atom stereocenters. The Hall–Kier alpha value is -1.58. The Morgan fingerprint density at radius 3 is 1.37 bits per heavy atom. The lowest BCUT2D eigenvalue weighted by Crippen LogP contribution is -2.29. The standard InChI is InChI=1S/C23H36O4/c24-20-18-16-14-12-10-8-6-4-2-1-3-5-7-9-11-13-15-17-19-21(25)23(27)22(20)26/h16,18H,1-15,17,19H2/b18-16-. The summed E-state index contributed by atoms with van der Waals surface area (Å²) < 4.78 is 0. The average molecular weight is 377 g/mol. The van der Waals surface area contributed by atoms with Gasteiger partial charge < -0.3 is 0 Å². The van der Waals surface area contributed by atoms with Crippen molar-refractivity contribution in [2.24, 2.45) is 0 Å². The summed E-state index contributed by atoms with van der Waals surface area (Å²) in [6.45, 7) is 0. The van der Waals surface area contributed by atoms with Crippen molar-refractivity contribution in [1.82, 2.24) is 0 Å². The fourth-order valence-electron chi connectivity index (χ4n) is 3.46. The number of carbonyl (C=O) groups is 4. The van der Waals surface area contributed by atoms with Crippen LogP contribution in [0.5, 0.6) is 0 Å². The molecule has 0 spiro atoms. The van der Waals surface area contributed by atoms with E-state index in [-0.39, 0.29) is 6.42 Å². The molecule has 0 saturated carbocycles. The summed E-state index contributed by atoms with van der Waals surface area (Å²) in [5, 5.41) is 0. The lowest BCUT2D eigenvalue weighted by Gasteiger charge is -2.03. The van der Waals surface area contributed by atoms with Gasteiger partial charge in [-0.15, -0.1) is 0 Å². The minimum atomic E-state index is -1.19. The van der Waals surface area contributed by atoms with Crippen LogP contribution in [0.2, 0.25) is 0 Å². The minimum Gasteiger partial charge on any atom is -0.290 e. The van der Waals surface area contributed by atoms with E-state index >= 15 is 0 Å². The molecule has 0 aromatic rings. The third kappa shape index (κ3) is 11.7. The Kier molecular flexibility index (Phi) is 13.4. The molecule has 0 N–H and O–H groups in total.